The molecule has 0 saturated heterocycles. The molecule has 2 aromatic rings. The van der Waals surface area contributed by atoms with Crippen LogP contribution in [0.4, 0.5) is 0 Å². The van der Waals surface area contributed by atoms with E-state index in [2.05, 4.69) is 35.0 Å². The monoisotopic (exact) mass is 291 g/mol. The molecule has 4 heteroatoms. The van der Waals surface area contributed by atoms with Crippen LogP contribution in [-0.2, 0) is 0 Å². The lowest BCUT2D eigenvalue weighted by atomic mass is 10.0. The Morgan fingerprint density at radius 1 is 1.10 bits per heavy atom. The van der Waals surface area contributed by atoms with Crippen LogP contribution in [0.1, 0.15) is 30.3 Å². The summed E-state index contributed by atoms with van der Waals surface area (Å²) in [7, 11) is 1.97. The fourth-order valence-corrected chi connectivity index (χ4v) is 3.04. The minimum absolute atomic E-state index is 0.185. The van der Waals surface area contributed by atoms with Crippen LogP contribution >= 0.6 is 11.3 Å². The highest BCUT2D eigenvalue weighted by atomic mass is 32.1. The molecule has 3 nitrogen and oxygen atoms in total. The molecule has 1 heterocycles. The van der Waals surface area contributed by atoms with Gasteiger partial charge < -0.3 is 14.8 Å². The molecule has 0 aliphatic rings. The quantitative estimate of drug-likeness (QED) is 0.840. The molecule has 20 heavy (non-hydrogen) atoms. The average molecular weight is 291 g/mol. The molecule has 0 amide bonds. The molecule has 1 unspecified atom stereocenters. The average Bonchev–Trinajstić information content (AvgIpc) is 2.97. The molecule has 0 spiro atoms. The molecule has 108 valence electrons. The molecule has 1 aromatic heterocycles. The number of hydrogen-bond donors (Lipinski definition) is 1. The van der Waals surface area contributed by atoms with Gasteiger partial charge in [0.25, 0.3) is 0 Å². The van der Waals surface area contributed by atoms with E-state index < -0.39 is 0 Å². The summed E-state index contributed by atoms with van der Waals surface area (Å²) in [6.07, 6.45) is 0. The second kappa shape index (κ2) is 7.31. The van der Waals surface area contributed by atoms with Crippen molar-refractivity contribution in [1.82, 2.24) is 5.32 Å². The lowest BCUT2D eigenvalue weighted by Gasteiger charge is -2.18. The van der Waals surface area contributed by atoms with E-state index in [1.807, 2.05) is 27.0 Å². The molecule has 0 saturated carbocycles. The Bertz CT molecular complexity index is 525. The second-order valence-corrected chi connectivity index (χ2v) is 5.29. The highest BCUT2D eigenvalue weighted by Crippen LogP contribution is 2.33. The maximum Gasteiger partial charge on any atom is 0.161 e. The van der Waals surface area contributed by atoms with Crippen LogP contribution in [0.2, 0.25) is 0 Å². The van der Waals surface area contributed by atoms with Gasteiger partial charge in [-0.3, -0.25) is 0 Å². The largest absolute Gasteiger partial charge is 0.490 e. The molecule has 0 bridgehead atoms. The minimum atomic E-state index is 0.185. The van der Waals surface area contributed by atoms with Gasteiger partial charge in [0.2, 0.25) is 0 Å². The van der Waals surface area contributed by atoms with Gasteiger partial charge in [-0.2, -0.15) is 0 Å². The van der Waals surface area contributed by atoms with E-state index in [1.54, 1.807) is 11.3 Å². The van der Waals surface area contributed by atoms with E-state index in [4.69, 9.17) is 9.47 Å². The molecular formula is C16H21NO2S. The fourth-order valence-electron chi connectivity index (χ4n) is 2.18. The van der Waals surface area contributed by atoms with Gasteiger partial charge in [-0.1, -0.05) is 12.1 Å². The number of thiophene rings is 1. The molecule has 1 N–H and O–H groups in total. The first-order chi connectivity index (χ1) is 9.80. The zero-order chi connectivity index (χ0) is 14.4. The van der Waals surface area contributed by atoms with Crippen molar-refractivity contribution in [3.63, 3.8) is 0 Å². The van der Waals surface area contributed by atoms with Crippen molar-refractivity contribution in [1.29, 1.82) is 0 Å². The van der Waals surface area contributed by atoms with Gasteiger partial charge in [0.1, 0.15) is 0 Å². The Labute approximate surface area is 124 Å². The van der Waals surface area contributed by atoms with Gasteiger partial charge >= 0.3 is 0 Å². The molecule has 1 aromatic carbocycles. The number of benzene rings is 1. The number of rotatable bonds is 7. The molecule has 2 rings (SSSR count). The summed E-state index contributed by atoms with van der Waals surface area (Å²) in [6, 6.07) is 10.5. The summed E-state index contributed by atoms with van der Waals surface area (Å²) in [5.41, 5.74) is 1.18. The molecule has 0 fully saturated rings. The molecule has 0 aliphatic carbocycles. The van der Waals surface area contributed by atoms with Crippen molar-refractivity contribution in [3.05, 3.63) is 46.2 Å². The predicted octanol–water partition coefficient (Wildman–Crippen LogP) is 3.85. The maximum atomic E-state index is 5.69. The SMILES string of the molecule is CCOc1ccc(C(NC)c2cccs2)cc1OCC. The summed E-state index contributed by atoms with van der Waals surface area (Å²) < 4.78 is 11.3. The number of ether oxygens (including phenoxy) is 2. The first-order valence-electron chi connectivity index (χ1n) is 6.90. The van der Waals surface area contributed by atoms with Crippen LogP contribution in [-0.4, -0.2) is 20.3 Å². The fraction of sp³-hybridized carbons (Fsp3) is 0.375. The van der Waals surface area contributed by atoms with Crippen LogP contribution in [0.15, 0.2) is 35.7 Å². The zero-order valence-corrected chi connectivity index (χ0v) is 13.0. The maximum absolute atomic E-state index is 5.69. The molecule has 1 atom stereocenters. The van der Waals surface area contributed by atoms with E-state index >= 15 is 0 Å². The summed E-state index contributed by atoms with van der Waals surface area (Å²) >= 11 is 1.75. The van der Waals surface area contributed by atoms with Crippen LogP contribution < -0.4 is 14.8 Å². The van der Waals surface area contributed by atoms with Gasteiger partial charge in [-0.25, -0.2) is 0 Å². The Morgan fingerprint density at radius 3 is 2.45 bits per heavy atom. The van der Waals surface area contributed by atoms with Crippen LogP contribution in [0, 0.1) is 0 Å². The summed E-state index contributed by atoms with van der Waals surface area (Å²) in [5, 5.41) is 5.45. The van der Waals surface area contributed by atoms with Crippen molar-refractivity contribution in [2.75, 3.05) is 20.3 Å². The Morgan fingerprint density at radius 2 is 1.85 bits per heavy atom. The third-order valence-electron chi connectivity index (χ3n) is 3.02. The topological polar surface area (TPSA) is 30.5 Å². The van der Waals surface area contributed by atoms with Gasteiger partial charge in [0.15, 0.2) is 11.5 Å². The van der Waals surface area contributed by atoms with E-state index in [0.717, 1.165) is 11.5 Å². The molecular weight excluding hydrogens is 270 g/mol. The molecule has 0 aliphatic heterocycles. The normalized spacial score (nSPS) is 12.2. The second-order valence-electron chi connectivity index (χ2n) is 4.31. The Balaban J connectivity index is 2.33. The van der Waals surface area contributed by atoms with Gasteiger partial charge in [-0.15, -0.1) is 11.3 Å². The standard InChI is InChI=1S/C16H21NO2S/c1-4-18-13-9-8-12(11-14(13)19-5-2)16(17-3)15-7-6-10-20-15/h6-11,16-17H,4-5H2,1-3H3. The van der Waals surface area contributed by atoms with Crippen LogP contribution in [0.5, 0.6) is 11.5 Å². The zero-order valence-electron chi connectivity index (χ0n) is 12.2. The van der Waals surface area contributed by atoms with Crippen molar-refractivity contribution in [2.24, 2.45) is 0 Å². The first-order valence-corrected chi connectivity index (χ1v) is 7.78. The van der Waals surface area contributed by atoms with Gasteiger partial charge in [0.05, 0.1) is 19.3 Å². The van der Waals surface area contributed by atoms with E-state index in [1.165, 1.54) is 10.4 Å². The lowest BCUT2D eigenvalue weighted by Crippen LogP contribution is -2.16. The van der Waals surface area contributed by atoms with Crippen LogP contribution in [0.25, 0.3) is 0 Å². The summed E-state index contributed by atoms with van der Waals surface area (Å²) in [4.78, 5) is 1.29. The highest BCUT2D eigenvalue weighted by Gasteiger charge is 2.15. The van der Waals surface area contributed by atoms with Crippen LogP contribution in [0.3, 0.4) is 0 Å². The smallest absolute Gasteiger partial charge is 0.161 e. The third kappa shape index (κ3) is 3.32. The number of nitrogens with one attached hydrogen (secondary N) is 1. The highest BCUT2D eigenvalue weighted by molar-refractivity contribution is 7.10. The Kier molecular flexibility index (Phi) is 5.44. The lowest BCUT2D eigenvalue weighted by molar-refractivity contribution is 0.287. The van der Waals surface area contributed by atoms with Gasteiger partial charge in [-0.05, 0) is 50.0 Å². The molecule has 0 radical (unpaired) electrons. The minimum Gasteiger partial charge on any atom is -0.490 e. The van der Waals surface area contributed by atoms with E-state index in [-0.39, 0.29) is 6.04 Å². The summed E-state index contributed by atoms with van der Waals surface area (Å²) in [6.45, 7) is 5.23. The predicted molar refractivity (Wildman–Crippen MR) is 84.0 cm³/mol. The van der Waals surface area contributed by atoms with Gasteiger partial charge in [0, 0.05) is 4.88 Å². The first kappa shape index (κ1) is 14.9. The van der Waals surface area contributed by atoms with Crippen molar-refractivity contribution >= 4 is 11.3 Å². The summed E-state index contributed by atoms with van der Waals surface area (Å²) in [5.74, 6) is 1.61. The third-order valence-corrected chi connectivity index (χ3v) is 3.95. The Hall–Kier alpha value is -1.52. The van der Waals surface area contributed by atoms with E-state index in [0.29, 0.717) is 13.2 Å². The van der Waals surface area contributed by atoms with Crippen molar-refractivity contribution < 1.29 is 9.47 Å². The van der Waals surface area contributed by atoms with E-state index in [9.17, 15) is 0 Å². The van der Waals surface area contributed by atoms with Crippen molar-refractivity contribution in [2.45, 2.75) is 19.9 Å². The van der Waals surface area contributed by atoms with Crippen molar-refractivity contribution in [3.8, 4) is 11.5 Å². The number of hydrogen-bond acceptors (Lipinski definition) is 4.